The molecule has 0 bridgehead atoms. The number of carbonyl (C=O) groups excluding carboxylic acids is 4. The van der Waals surface area contributed by atoms with E-state index in [0.29, 0.717) is 35.7 Å². The molecule has 16 heteroatoms. The molecule has 1 unspecified atom stereocenters. The predicted molar refractivity (Wildman–Crippen MR) is 192 cm³/mol. The van der Waals surface area contributed by atoms with E-state index in [1.54, 1.807) is 59.5 Å². The van der Waals surface area contributed by atoms with Crippen LogP contribution in [0, 0.1) is 17.8 Å². The van der Waals surface area contributed by atoms with Crippen molar-refractivity contribution >= 4 is 58.0 Å². The fourth-order valence-corrected chi connectivity index (χ4v) is 6.64. The van der Waals surface area contributed by atoms with Gasteiger partial charge < -0.3 is 29.2 Å². The smallest absolute Gasteiger partial charge is 0.346 e. The molecule has 2 amide bonds. The van der Waals surface area contributed by atoms with Crippen LogP contribution in [0.3, 0.4) is 0 Å². The van der Waals surface area contributed by atoms with E-state index in [1.807, 2.05) is 13.8 Å². The van der Waals surface area contributed by atoms with Crippen molar-refractivity contribution in [2.75, 3.05) is 43.6 Å². The molecule has 3 aromatic rings. The number of esters is 2. The number of amides is 2. The number of fused-ring (bicyclic) bond motifs is 1. The number of ketones is 1. The lowest BCUT2D eigenvalue weighted by atomic mass is 9.81. The summed E-state index contributed by atoms with van der Waals surface area (Å²) in [5.41, 5.74) is -1.48. The monoisotopic (exact) mass is 737 g/mol. The molecule has 5 atom stereocenters. The third-order valence-corrected chi connectivity index (χ3v) is 9.48. The summed E-state index contributed by atoms with van der Waals surface area (Å²) in [6.07, 6.45) is 5.05. The van der Waals surface area contributed by atoms with Crippen LogP contribution in [0.2, 0.25) is 5.28 Å². The molecule has 52 heavy (non-hydrogen) atoms. The van der Waals surface area contributed by atoms with Crippen molar-refractivity contribution in [3.05, 3.63) is 41.4 Å². The number of aromatic nitrogens is 4. The number of hydrogen-bond donors (Lipinski definition) is 1. The first kappa shape index (κ1) is 38.5. The lowest BCUT2D eigenvalue weighted by Gasteiger charge is -2.34. The van der Waals surface area contributed by atoms with Gasteiger partial charge in [-0.15, -0.1) is 6.42 Å². The van der Waals surface area contributed by atoms with E-state index in [9.17, 15) is 19.2 Å². The van der Waals surface area contributed by atoms with E-state index >= 15 is 0 Å². The van der Waals surface area contributed by atoms with Gasteiger partial charge in [0, 0.05) is 45.2 Å². The highest BCUT2D eigenvalue weighted by molar-refractivity contribution is 6.28. The number of nitrogens with zero attached hydrogens (tertiary/aromatic N) is 6. The Kier molecular flexibility index (Phi) is 11.4. The first-order valence-electron chi connectivity index (χ1n) is 17.1. The van der Waals surface area contributed by atoms with Gasteiger partial charge in [-0.05, 0) is 70.3 Å². The molecule has 278 valence electrons. The first-order valence-corrected chi connectivity index (χ1v) is 17.4. The number of ether oxygens (including phenoxy) is 4. The average Bonchev–Trinajstić information content (AvgIpc) is 3.62. The molecule has 2 fully saturated rings. The molecule has 2 aliphatic heterocycles. The summed E-state index contributed by atoms with van der Waals surface area (Å²) in [5, 5.41) is 3.15. The van der Waals surface area contributed by atoms with Crippen LogP contribution in [0.15, 0.2) is 30.6 Å². The number of carbonyl (C=O) groups is 4. The molecule has 1 aromatic carbocycles. The van der Waals surface area contributed by atoms with Crippen molar-refractivity contribution in [2.45, 2.75) is 84.5 Å². The van der Waals surface area contributed by atoms with Gasteiger partial charge in [0.05, 0.1) is 25.0 Å². The molecule has 2 aromatic heterocycles. The second kappa shape index (κ2) is 15.4. The third-order valence-electron chi connectivity index (χ3n) is 9.31. The molecular weight excluding hydrogens is 694 g/mol. The zero-order valence-electron chi connectivity index (χ0n) is 30.3. The Labute approximate surface area is 307 Å². The van der Waals surface area contributed by atoms with Crippen LogP contribution < -0.4 is 10.2 Å². The number of halogens is 1. The van der Waals surface area contributed by atoms with E-state index in [2.05, 4.69) is 26.2 Å². The van der Waals surface area contributed by atoms with Crippen LogP contribution in [0.5, 0.6) is 0 Å². The van der Waals surface area contributed by atoms with Gasteiger partial charge in [0.2, 0.25) is 10.9 Å². The number of urea groups is 1. The van der Waals surface area contributed by atoms with Gasteiger partial charge in [0.25, 0.3) is 0 Å². The number of nitrogens with one attached hydrogen (secondary N) is 1. The Balaban J connectivity index is 1.48. The highest BCUT2D eigenvalue weighted by Crippen LogP contribution is 2.47. The summed E-state index contributed by atoms with van der Waals surface area (Å²) in [6.45, 7) is 10.5. The normalized spacial score (nSPS) is 23.0. The van der Waals surface area contributed by atoms with E-state index < -0.39 is 47.2 Å². The number of terminal acetylenes is 1. The highest BCUT2D eigenvalue weighted by atomic mass is 35.5. The topological polar surface area (TPSA) is 167 Å². The molecule has 1 N–H and O–H groups in total. The van der Waals surface area contributed by atoms with Crippen molar-refractivity contribution in [1.82, 2.24) is 24.4 Å². The standard InChI is InChI=1S/C36H44ClN7O8/c1-9-35(7)26(52-31(28(35)51-23(6)46)44-20-38-27-29(39-21(3)4)40-33(37)41-30(27)44)19-50-36(22(5)45,32(47)49-10-2)18-24-12-14-25(15-13-24)43-17-11-16-42(8)34(43)48/h1,12-15,20-21,26,28,31H,10-11,16-19H2,2-8H3,(H,39,40,41)/t26-,28+,31-,35+,36?/m1/s1. The molecule has 15 nitrogen and oxygen atoms in total. The quantitative estimate of drug-likeness (QED) is 0.115. The largest absolute Gasteiger partial charge is 0.463 e. The number of Topliss-reactive ketones (excluding diaryl/α,β-unsaturated/α-hetero) is 1. The third kappa shape index (κ3) is 7.41. The molecule has 0 spiro atoms. The van der Waals surface area contributed by atoms with Crippen LogP contribution in [0.4, 0.5) is 16.3 Å². The van der Waals surface area contributed by atoms with Crippen molar-refractivity contribution in [3.63, 3.8) is 0 Å². The minimum atomic E-state index is -2.09. The van der Waals surface area contributed by atoms with Gasteiger partial charge in [-0.25, -0.2) is 14.6 Å². The predicted octanol–water partition coefficient (Wildman–Crippen LogP) is 4.18. The molecule has 0 saturated carbocycles. The fourth-order valence-electron chi connectivity index (χ4n) is 6.47. The molecule has 4 heterocycles. The fraction of sp³-hybridized carbons (Fsp3) is 0.528. The van der Waals surface area contributed by atoms with Crippen LogP contribution in [-0.2, 0) is 39.8 Å². The second-order valence-electron chi connectivity index (χ2n) is 13.4. The zero-order valence-corrected chi connectivity index (χ0v) is 31.1. The minimum Gasteiger partial charge on any atom is -0.463 e. The lowest BCUT2D eigenvalue weighted by molar-refractivity contribution is -0.182. The van der Waals surface area contributed by atoms with E-state index in [0.717, 1.165) is 6.42 Å². The Morgan fingerprint density at radius 3 is 2.52 bits per heavy atom. The maximum atomic E-state index is 13.7. The summed E-state index contributed by atoms with van der Waals surface area (Å²) in [5.74, 6) is 1.02. The first-order chi connectivity index (χ1) is 24.6. The maximum Gasteiger partial charge on any atom is 0.346 e. The van der Waals surface area contributed by atoms with Crippen molar-refractivity contribution in [3.8, 4) is 12.3 Å². The second-order valence-corrected chi connectivity index (χ2v) is 13.7. The van der Waals surface area contributed by atoms with Gasteiger partial charge in [-0.1, -0.05) is 18.1 Å². The zero-order chi connectivity index (χ0) is 38.0. The van der Waals surface area contributed by atoms with Gasteiger partial charge in [0.15, 0.2) is 35.1 Å². The van der Waals surface area contributed by atoms with Crippen LogP contribution in [-0.4, -0.2) is 105 Å². The minimum absolute atomic E-state index is 0.00173. The summed E-state index contributed by atoms with van der Waals surface area (Å²) in [6, 6.07) is 6.89. The number of anilines is 2. The Morgan fingerprint density at radius 1 is 1.19 bits per heavy atom. The summed E-state index contributed by atoms with van der Waals surface area (Å²) >= 11 is 6.31. The van der Waals surface area contributed by atoms with Gasteiger partial charge >= 0.3 is 18.0 Å². The van der Waals surface area contributed by atoms with Crippen LogP contribution in [0.25, 0.3) is 11.2 Å². The van der Waals surface area contributed by atoms with Gasteiger partial charge in [-0.3, -0.25) is 19.1 Å². The van der Waals surface area contributed by atoms with Gasteiger partial charge in [-0.2, -0.15) is 9.97 Å². The van der Waals surface area contributed by atoms with Crippen molar-refractivity contribution in [1.29, 1.82) is 0 Å². The van der Waals surface area contributed by atoms with E-state index in [4.69, 9.17) is 37.0 Å². The number of benzene rings is 1. The van der Waals surface area contributed by atoms with Crippen molar-refractivity contribution in [2.24, 2.45) is 5.41 Å². The van der Waals surface area contributed by atoms with Crippen molar-refractivity contribution < 1.29 is 38.1 Å². The Hall–Kier alpha value is -4.78. The van der Waals surface area contributed by atoms with E-state index in [1.165, 1.54) is 20.2 Å². The average molecular weight is 738 g/mol. The highest BCUT2D eigenvalue weighted by Gasteiger charge is 2.58. The Morgan fingerprint density at radius 2 is 1.90 bits per heavy atom. The van der Waals surface area contributed by atoms with Crippen LogP contribution in [0.1, 0.15) is 59.8 Å². The number of imidazole rings is 1. The summed E-state index contributed by atoms with van der Waals surface area (Å²) in [7, 11) is 1.75. The summed E-state index contributed by atoms with van der Waals surface area (Å²) < 4.78 is 25.6. The molecule has 5 rings (SSSR count). The molecule has 2 aliphatic rings. The lowest BCUT2D eigenvalue weighted by Crippen LogP contribution is -2.53. The maximum absolute atomic E-state index is 13.7. The van der Waals surface area contributed by atoms with E-state index in [-0.39, 0.29) is 42.6 Å². The number of rotatable bonds is 13. The van der Waals surface area contributed by atoms with Crippen LogP contribution >= 0.6 is 11.6 Å². The Bertz CT molecular complexity index is 1880. The molecular formula is C36H44ClN7O8. The molecule has 0 radical (unpaired) electrons. The summed E-state index contributed by atoms with van der Waals surface area (Å²) in [4.78, 5) is 68.8. The SMILES string of the molecule is C#C[C@@]1(C)[C@@H](COC(Cc2ccc(N3CCCN(C)C3=O)cc2)(C(C)=O)C(=O)OCC)O[C@@H](n2cnc3c(NC(C)C)nc(Cl)nc32)[C@@H]1OC(C)=O. The molecule has 0 aliphatic carbocycles. The van der Waals surface area contributed by atoms with Gasteiger partial charge in [0.1, 0.15) is 6.10 Å². The molecule has 2 saturated heterocycles. The number of hydrogen-bond acceptors (Lipinski definition) is 12.